The molecular weight excluding hydrogens is 288 g/mol. The molecule has 0 bridgehead atoms. The summed E-state index contributed by atoms with van der Waals surface area (Å²) in [6, 6.07) is 7.31. The van der Waals surface area contributed by atoms with E-state index in [0.717, 1.165) is 6.07 Å². The van der Waals surface area contributed by atoms with Crippen LogP contribution in [0.2, 0.25) is 0 Å². The number of rotatable bonds is 6. The van der Waals surface area contributed by atoms with Crippen LogP contribution in [0.5, 0.6) is 0 Å². The van der Waals surface area contributed by atoms with Crippen LogP contribution in [-0.4, -0.2) is 23.9 Å². The van der Waals surface area contributed by atoms with Gasteiger partial charge in [-0.25, -0.2) is 8.78 Å². The Labute approximate surface area is 127 Å². The number of nitriles is 2. The topological polar surface area (TPSA) is 67.9 Å². The van der Waals surface area contributed by atoms with E-state index in [2.05, 4.69) is 0 Å². The smallest absolute Gasteiger partial charge is 0.226 e. The molecule has 0 aliphatic heterocycles. The molecule has 0 unspecified atom stereocenters. The third-order valence-corrected chi connectivity index (χ3v) is 3.77. The summed E-state index contributed by atoms with van der Waals surface area (Å²) in [5.74, 6) is -2.05. The Morgan fingerprint density at radius 2 is 1.86 bits per heavy atom. The van der Waals surface area contributed by atoms with Crippen molar-refractivity contribution < 1.29 is 13.6 Å². The summed E-state index contributed by atoms with van der Waals surface area (Å²) in [5.41, 5.74) is 0.347. The Morgan fingerprint density at radius 3 is 2.41 bits per heavy atom. The maximum Gasteiger partial charge on any atom is 0.226 e. The molecule has 0 saturated heterocycles. The lowest BCUT2D eigenvalue weighted by Gasteiger charge is -2.20. The molecule has 0 N–H and O–H groups in total. The molecule has 1 aromatic rings. The van der Waals surface area contributed by atoms with E-state index in [0.29, 0.717) is 12.0 Å². The fourth-order valence-electron chi connectivity index (χ4n) is 2.55. The van der Waals surface area contributed by atoms with Gasteiger partial charge in [0.05, 0.1) is 25.0 Å². The van der Waals surface area contributed by atoms with Gasteiger partial charge in [0.2, 0.25) is 5.91 Å². The van der Waals surface area contributed by atoms with Gasteiger partial charge in [-0.15, -0.1) is 0 Å². The van der Waals surface area contributed by atoms with Crippen molar-refractivity contribution in [3.05, 3.63) is 35.4 Å². The van der Waals surface area contributed by atoms with Gasteiger partial charge in [-0.2, -0.15) is 10.5 Å². The minimum absolute atomic E-state index is 0.167. The van der Waals surface area contributed by atoms with E-state index in [1.165, 1.54) is 17.0 Å². The summed E-state index contributed by atoms with van der Waals surface area (Å²) in [6.45, 7) is 0.540. The maximum absolute atomic E-state index is 13.7. The molecule has 1 fully saturated rings. The van der Waals surface area contributed by atoms with Crippen LogP contribution < -0.4 is 0 Å². The van der Waals surface area contributed by atoms with E-state index in [1.807, 2.05) is 12.1 Å². The minimum atomic E-state index is -0.644. The minimum Gasteiger partial charge on any atom is -0.340 e. The number of amides is 1. The zero-order valence-corrected chi connectivity index (χ0v) is 11.9. The Morgan fingerprint density at radius 1 is 1.23 bits per heavy atom. The van der Waals surface area contributed by atoms with Gasteiger partial charge >= 0.3 is 0 Å². The number of hydrogen-bond donors (Lipinski definition) is 0. The predicted octanol–water partition coefficient (Wildman–Crippen LogP) is 2.72. The quantitative estimate of drug-likeness (QED) is 0.811. The van der Waals surface area contributed by atoms with Gasteiger partial charge in [0.1, 0.15) is 11.6 Å². The lowest BCUT2D eigenvalue weighted by molar-refractivity contribution is -0.132. The molecule has 0 radical (unpaired) electrons. The fraction of sp³-hybridized carbons (Fsp3) is 0.438. The van der Waals surface area contributed by atoms with E-state index < -0.39 is 11.6 Å². The highest BCUT2D eigenvalue weighted by Crippen LogP contribution is 2.49. The molecule has 6 heteroatoms. The van der Waals surface area contributed by atoms with E-state index in [-0.39, 0.29) is 43.7 Å². The Balaban J connectivity index is 2.04. The van der Waals surface area contributed by atoms with Crippen molar-refractivity contribution in [3.8, 4) is 12.1 Å². The zero-order valence-electron chi connectivity index (χ0n) is 11.9. The second-order valence-electron chi connectivity index (χ2n) is 5.26. The van der Waals surface area contributed by atoms with E-state index in [4.69, 9.17) is 10.5 Å². The first-order valence-electron chi connectivity index (χ1n) is 7.06. The van der Waals surface area contributed by atoms with Crippen molar-refractivity contribution in [2.24, 2.45) is 5.92 Å². The largest absolute Gasteiger partial charge is 0.340 e. The van der Waals surface area contributed by atoms with Crippen LogP contribution in [0.3, 0.4) is 0 Å². The van der Waals surface area contributed by atoms with E-state index >= 15 is 0 Å². The van der Waals surface area contributed by atoms with Crippen LogP contribution in [0, 0.1) is 40.2 Å². The molecular formula is C16H15F2N3O. The third kappa shape index (κ3) is 3.59. The Bertz CT molecular complexity index is 630. The van der Waals surface area contributed by atoms with Crippen LogP contribution in [0.4, 0.5) is 8.78 Å². The highest BCUT2D eigenvalue weighted by molar-refractivity contribution is 5.83. The molecule has 2 atom stereocenters. The second-order valence-corrected chi connectivity index (χ2v) is 5.26. The van der Waals surface area contributed by atoms with Crippen LogP contribution in [0.15, 0.2) is 18.2 Å². The molecule has 4 nitrogen and oxygen atoms in total. The molecule has 22 heavy (non-hydrogen) atoms. The van der Waals surface area contributed by atoms with Crippen LogP contribution in [-0.2, 0) is 4.79 Å². The van der Waals surface area contributed by atoms with E-state index in [1.54, 1.807) is 0 Å². The van der Waals surface area contributed by atoms with Gasteiger partial charge < -0.3 is 4.90 Å². The van der Waals surface area contributed by atoms with Gasteiger partial charge in [-0.3, -0.25) is 4.79 Å². The monoisotopic (exact) mass is 303 g/mol. The van der Waals surface area contributed by atoms with Crippen molar-refractivity contribution in [1.82, 2.24) is 4.90 Å². The number of halogens is 2. The first kappa shape index (κ1) is 15.9. The SMILES string of the molecule is N#CCCN(CCC#N)C(=O)[C@H]1C[C@@H]1c1ccc(F)cc1F. The molecule has 1 aliphatic rings. The lowest BCUT2D eigenvalue weighted by Crippen LogP contribution is -2.34. The van der Waals surface area contributed by atoms with Gasteiger partial charge in [0, 0.05) is 25.1 Å². The molecule has 0 spiro atoms. The molecule has 0 heterocycles. The first-order chi connectivity index (χ1) is 10.6. The van der Waals surface area contributed by atoms with Crippen LogP contribution in [0.1, 0.15) is 30.7 Å². The molecule has 1 aromatic carbocycles. The zero-order chi connectivity index (χ0) is 16.1. The summed E-state index contributed by atoms with van der Waals surface area (Å²) in [5, 5.41) is 17.3. The standard InChI is InChI=1S/C16H15F2N3O/c17-11-3-4-12(15(18)9-11)13-10-14(13)16(22)21(7-1-5-19)8-2-6-20/h3-4,9,13-14H,1-2,7-8,10H2/t13-,14+/m1/s1. The number of nitrogens with zero attached hydrogens (tertiary/aromatic N) is 3. The molecule has 114 valence electrons. The average Bonchev–Trinajstić information content (AvgIpc) is 3.27. The summed E-state index contributed by atoms with van der Waals surface area (Å²) in [7, 11) is 0. The summed E-state index contributed by atoms with van der Waals surface area (Å²) < 4.78 is 26.7. The number of carbonyl (C=O) groups excluding carboxylic acids is 1. The van der Waals surface area contributed by atoms with Crippen molar-refractivity contribution in [2.45, 2.75) is 25.2 Å². The van der Waals surface area contributed by atoms with Gasteiger partial charge in [0.25, 0.3) is 0 Å². The molecule has 2 rings (SSSR count). The average molecular weight is 303 g/mol. The number of carbonyl (C=O) groups is 1. The van der Waals surface area contributed by atoms with Crippen molar-refractivity contribution in [1.29, 1.82) is 10.5 Å². The van der Waals surface area contributed by atoms with Crippen LogP contribution >= 0.6 is 0 Å². The molecule has 1 amide bonds. The van der Waals surface area contributed by atoms with Crippen molar-refractivity contribution in [3.63, 3.8) is 0 Å². The number of benzene rings is 1. The molecule has 1 aliphatic carbocycles. The highest BCUT2D eigenvalue weighted by Gasteiger charge is 2.46. The normalized spacial score (nSPS) is 19.1. The van der Waals surface area contributed by atoms with Crippen LogP contribution in [0.25, 0.3) is 0 Å². The fourth-order valence-corrected chi connectivity index (χ4v) is 2.55. The highest BCUT2D eigenvalue weighted by atomic mass is 19.1. The summed E-state index contributed by atoms with van der Waals surface area (Å²) in [6.07, 6.45) is 0.899. The predicted molar refractivity (Wildman–Crippen MR) is 74.2 cm³/mol. The summed E-state index contributed by atoms with van der Waals surface area (Å²) in [4.78, 5) is 13.9. The van der Waals surface area contributed by atoms with Gasteiger partial charge in [-0.05, 0) is 24.0 Å². The second kappa shape index (κ2) is 7.00. The van der Waals surface area contributed by atoms with E-state index in [9.17, 15) is 13.6 Å². The van der Waals surface area contributed by atoms with Crippen molar-refractivity contribution in [2.75, 3.05) is 13.1 Å². The van der Waals surface area contributed by atoms with Gasteiger partial charge in [0.15, 0.2) is 0 Å². The summed E-state index contributed by atoms with van der Waals surface area (Å²) >= 11 is 0. The van der Waals surface area contributed by atoms with Gasteiger partial charge in [-0.1, -0.05) is 6.07 Å². The lowest BCUT2D eigenvalue weighted by atomic mass is 10.1. The van der Waals surface area contributed by atoms with Crippen molar-refractivity contribution >= 4 is 5.91 Å². The maximum atomic E-state index is 13.7. The third-order valence-electron chi connectivity index (χ3n) is 3.77. The number of hydrogen-bond acceptors (Lipinski definition) is 3. The molecule has 1 saturated carbocycles. The Hall–Kier alpha value is -2.47. The first-order valence-corrected chi connectivity index (χ1v) is 7.06. The molecule has 0 aromatic heterocycles. The Kier molecular flexibility index (Phi) is 5.06.